The maximum absolute atomic E-state index is 12.1. The minimum Gasteiger partial charge on any atom is -0.372 e. The van der Waals surface area contributed by atoms with Gasteiger partial charge in [-0.3, -0.25) is 4.79 Å². The van der Waals surface area contributed by atoms with Crippen molar-refractivity contribution in [1.82, 2.24) is 5.32 Å². The van der Waals surface area contributed by atoms with Gasteiger partial charge >= 0.3 is 0 Å². The molecule has 26 heavy (non-hydrogen) atoms. The Bertz CT molecular complexity index is 643. The van der Waals surface area contributed by atoms with Crippen LogP contribution in [0.4, 0.5) is 0 Å². The number of amides is 1. The summed E-state index contributed by atoms with van der Waals surface area (Å²) in [6.07, 6.45) is 2.33. The predicted octanol–water partition coefficient (Wildman–Crippen LogP) is 4.94. The van der Waals surface area contributed by atoms with Crippen LogP contribution in [0.1, 0.15) is 43.4 Å². The highest BCUT2D eigenvalue weighted by Crippen LogP contribution is 2.13. The number of rotatable bonds is 11. The van der Waals surface area contributed by atoms with Crippen LogP contribution in [0, 0.1) is 0 Å². The molecule has 1 atom stereocenters. The zero-order chi connectivity index (χ0) is 18.6. The van der Waals surface area contributed by atoms with Gasteiger partial charge in [0.2, 0.25) is 5.91 Å². The van der Waals surface area contributed by atoms with Gasteiger partial charge in [-0.15, -0.1) is 11.8 Å². The van der Waals surface area contributed by atoms with Gasteiger partial charge in [-0.2, -0.15) is 0 Å². The number of unbranched alkanes of at least 4 members (excludes halogenated alkanes) is 1. The van der Waals surface area contributed by atoms with Crippen LogP contribution in [-0.2, 0) is 29.3 Å². The molecule has 1 unspecified atom stereocenters. The molecule has 0 bridgehead atoms. The van der Waals surface area contributed by atoms with E-state index >= 15 is 0 Å². The molecule has 2 rings (SSSR count). The summed E-state index contributed by atoms with van der Waals surface area (Å²) in [5, 5.41) is 3.03. The number of nitrogens with one attached hydrogen (secondary N) is 1. The normalized spacial score (nSPS) is 11.9. The molecular formula is C22H29NO2S. The number of thioether (sulfide) groups is 1. The third-order valence-electron chi connectivity index (χ3n) is 4.10. The molecular weight excluding hydrogens is 342 g/mol. The van der Waals surface area contributed by atoms with Crippen LogP contribution in [-0.4, -0.2) is 16.9 Å². The summed E-state index contributed by atoms with van der Waals surface area (Å²) in [6.45, 7) is 5.92. The van der Waals surface area contributed by atoms with E-state index in [-0.39, 0.29) is 11.2 Å². The van der Waals surface area contributed by atoms with Crippen LogP contribution in [0.25, 0.3) is 0 Å². The summed E-state index contributed by atoms with van der Waals surface area (Å²) in [5.41, 5.74) is 3.42. The first kappa shape index (κ1) is 20.5. The van der Waals surface area contributed by atoms with E-state index in [2.05, 4.69) is 48.6 Å². The molecule has 0 aliphatic heterocycles. The van der Waals surface area contributed by atoms with Crippen LogP contribution in [0.15, 0.2) is 54.6 Å². The number of carbonyl (C=O) groups excluding carboxylic acids is 1. The smallest absolute Gasteiger partial charge is 0.233 e. The van der Waals surface area contributed by atoms with Crippen LogP contribution < -0.4 is 5.32 Å². The van der Waals surface area contributed by atoms with Crippen LogP contribution in [0.3, 0.4) is 0 Å². The minimum absolute atomic E-state index is 0.00668. The third-order valence-corrected chi connectivity index (χ3v) is 5.34. The number of hydrogen-bond donors (Lipinski definition) is 1. The second kappa shape index (κ2) is 11.8. The van der Waals surface area contributed by atoms with Gasteiger partial charge in [0.1, 0.15) is 0 Å². The molecule has 2 aromatic rings. The summed E-state index contributed by atoms with van der Waals surface area (Å²) in [6, 6.07) is 18.4. The largest absolute Gasteiger partial charge is 0.372 e. The molecule has 0 spiro atoms. The highest BCUT2D eigenvalue weighted by Gasteiger charge is 2.12. The Kier molecular flexibility index (Phi) is 9.29. The lowest BCUT2D eigenvalue weighted by molar-refractivity contribution is -0.120. The first-order valence-electron chi connectivity index (χ1n) is 9.28. The second-order valence-corrected chi connectivity index (χ2v) is 7.83. The molecule has 1 amide bonds. The maximum atomic E-state index is 12.1. The van der Waals surface area contributed by atoms with Crippen molar-refractivity contribution in [3.63, 3.8) is 0 Å². The molecule has 0 aliphatic carbocycles. The van der Waals surface area contributed by atoms with Gasteiger partial charge < -0.3 is 10.1 Å². The topological polar surface area (TPSA) is 38.3 Å². The van der Waals surface area contributed by atoms with Crippen molar-refractivity contribution in [3.8, 4) is 0 Å². The molecule has 2 aromatic carbocycles. The van der Waals surface area contributed by atoms with E-state index in [1.165, 1.54) is 12.0 Å². The van der Waals surface area contributed by atoms with Gasteiger partial charge in [0.05, 0.1) is 18.5 Å². The fourth-order valence-electron chi connectivity index (χ4n) is 2.43. The van der Waals surface area contributed by atoms with Crippen LogP contribution in [0.2, 0.25) is 0 Å². The lowest BCUT2D eigenvalue weighted by Gasteiger charge is -2.12. The van der Waals surface area contributed by atoms with Crippen molar-refractivity contribution in [2.24, 2.45) is 0 Å². The quantitative estimate of drug-likeness (QED) is 0.569. The lowest BCUT2D eigenvalue weighted by atomic mass is 10.1. The zero-order valence-electron chi connectivity index (χ0n) is 15.7. The zero-order valence-corrected chi connectivity index (χ0v) is 16.6. The first-order chi connectivity index (χ1) is 12.7. The standard InChI is InChI=1S/C22H29NO2S/c1-3-4-14-26-18(2)22(24)23-15-19-10-12-21(13-11-19)17-25-16-20-8-6-5-7-9-20/h5-13,18H,3-4,14-17H2,1-2H3,(H,23,24). The van der Waals surface area contributed by atoms with E-state index in [4.69, 9.17) is 4.74 Å². The average Bonchev–Trinajstić information content (AvgIpc) is 2.68. The molecule has 0 saturated heterocycles. The Morgan fingerprint density at radius 1 is 1.00 bits per heavy atom. The average molecular weight is 372 g/mol. The molecule has 0 aliphatic rings. The fourth-order valence-corrected chi connectivity index (χ4v) is 3.47. The van der Waals surface area contributed by atoms with E-state index in [9.17, 15) is 4.79 Å². The van der Waals surface area contributed by atoms with E-state index in [1.54, 1.807) is 11.8 Å². The lowest BCUT2D eigenvalue weighted by Crippen LogP contribution is -2.30. The number of ether oxygens (including phenoxy) is 1. The Morgan fingerprint density at radius 3 is 2.27 bits per heavy atom. The summed E-state index contributed by atoms with van der Waals surface area (Å²) >= 11 is 1.73. The molecule has 0 fully saturated rings. The Morgan fingerprint density at radius 2 is 1.62 bits per heavy atom. The molecule has 3 nitrogen and oxygen atoms in total. The van der Waals surface area contributed by atoms with Crippen LogP contribution in [0.5, 0.6) is 0 Å². The molecule has 4 heteroatoms. The van der Waals surface area contributed by atoms with Gasteiger partial charge in [0.15, 0.2) is 0 Å². The van der Waals surface area contributed by atoms with E-state index < -0.39 is 0 Å². The minimum atomic E-state index is 0.00668. The third kappa shape index (κ3) is 7.63. The SMILES string of the molecule is CCCCSC(C)C(=O)NCc1ccc(COCc2ccccc2)cc1. The van der Waals surface area contributed by atoms with Gasteiger partial charge in [-0.1, -0.05) is 67.9 Å². The molecule has 0 saturated carbocycles. The highest BCUT2D eigenvalue weighted by molar-refractivity contribution is 8.00. The fraction of sp³-hybridized carbons (Fsp3) is 0.409. The van der Waals surface area contributed by atoms with Gasteiger partial charge in [0, 0.05) is 6.54 Å². The Balaban J connectivity index is 1.69. The Hall–Kier alpha value is -1.78. The van der Waals surface area contributed by atoms with E-state index in [0.717, 1.165) is 23.3 Å². The van der Waals surface area contributed by atoms with Crippen molar-refractivity contribution in [3.05, 3.63) is 71.3 Å². The summed E-state index contributed by atoms with van der Waals surface area (Å²) < 4.78 is 5.75. The predicted molar refractivity (Wildman–Crippen MR) is 110 cm³/mol. The summed E-state index contributed by atoms with van der Waals surface area (Å²) in [4.78, 5) is 12.1. The highest BCUT2D eigenvalue weighted by atomic mass is 32.2. The first-order valence-corrected chi connectivity index (χ1v) is 10.3. The molecule has 0 heterocycles. The van der Waals surface area contributed by atoms with E-state index in [1.807, 2.05) is 25.1 Å². The second-order valence-electron chi connectivity index (χ2n) is 6.38. The van der Waals surface area contributed by atoms with Crippen molar-refractivity contribution in [1.29, 1.82) is 0 Å². The monoisotopic (exact) mass is 371 g/mol. The van der Waals surface area contributed by atoms with Crippen molar-refractivity contribution in [2.45, 2.75) is 51.7 Å². The number of benzene rings is 2. The van der Waals surface area contributed by atoms with Crippen molar-refractivity contribution >= 4 is 17.7 Å². The summed E-state index contributed by atoms with van der Waals surface area (Å²) in [5.74, 6) is 1.16. The maximum Gasteiger partial charge on any atom is 0.233 e. The summed E-state index contributed by atoms with van der Waals surface area (Å²) in [7, 11) is 0. The van der Waals surface area contributed by atoms with Crippen molar-refractivity contribution in [2.75, 3.05) is 5.75 Å². The molecule has 0 radical (unpaired) electrons. The molecule has 1 N–H and O–H groups in total. The van der Waals surface area contributed by atoms with Gasteiger partial charge in [-0.25, -0.2) is 0 Å². The molecule has 0 aromatic heterocycles. The van der Waals surface area contributed by atoms with Crippen LogP contribution >= 0.6 is 11.8 Å². The van der Waals surface area contributed by atoms with Gasteiger partial charge in [-0.05, 0) is 35.8 Å². The number of hydrogen-bond acceptors (Lipinski definition) is 3. The van der Waals surface area contributed by atoms with E-state index in [0.29, 0.717) is 19.8 Å². The van der Waals surface area contributed by atoms with Gasteiger partial charge in [0.25, 0.3) is 0 Å². The number of carbonyl (C=O) groups is 1. The molecule has 140 valence electrons. The van der Waals surface area contributed by atoms with Crippen molar-refractivity contribution < 1.29 is 9.53 Å². The Labute approximate surface area is 161 Å².